The topological polar surface area (TPSA) is 101 Å². The minimum atomic E-state index is -0.977. The third-order valence-corrected chi connectivity index (χ3v) is 4.42. The molecule has 2 atom stereocenters. The summed E-state index contributed by atoms with van der Waals surface area (Å²) in [4.78, 5) is 9.02. The van der Waals surface area contributed by atoms with Gasteiger partial charge in [-0.1, -0.05) is 60.2 Å². The third-order valence-electron chi connectivity index (χ3n) is 4.42. The van der Waals surface area contributed by atoms with Crippen molar-refractivity contribution in [3.8, 4) is 0 Å². The molecular weight excluding hydrogens is 324 g/mol. The van der Waals surface area contributed by atoms with Gasteiger partial charge < -0.3 is 11.1 Å². The Hall–Kier alpha value is -2.86. The minimum Gasteiger partial charge on any atom is -0.370 e. The molecule has 0 bridgehead atoms. The Morgan fingerprint density at radius 1 is 1.12 bits per heavy atom. The number of guanidine groups is 2. The van der Waals surface area contributed by atoms with Gasteiger partial charge in [0.25, 0.3) is 0 Å². The highest BCUT2D eigenvalue weighted by Gasteiger charge is 2.30. The van der Waals surface area contributed by atoms with Crippen LogP contribution in [0, 0.1) is 6.92 Å². The fraction of sp³-hybridized carbons (Fsp3) is 0.300. The van der Waals surface area contributed by atoms with E-state index in [0.717, 1.165) is 12.0 Å². The maximum Gasteiger partial charge on any atom is 0.201 e. The van der Waals surface area contributed by atoms with E-state index in [-0.39, 0.29) is 12.0 Å². The summed E-state index contributed by atoms with van der Waals surface area (Å²) in [6.45, 7) is 4.10. The minimum absolute atomic E-state index is 0.0292. The van der Waals surface area contributed by atoms with Crippen LogP contribution in [0.5, 0.6) is 0 Å². The Morgan fingerprint density at radius 3 is 2.50 bits per heavy atom. The summed E-state index contributed by atoms with van der Waals surface area (Å²) in [5, 5.41) is 6.16. The van der Waals surface area contributed by atoms with Crippen LogP contribution >= 0.6 is 0 Å². The van der Waals surface area contributed by atoms with Crippen LogP contribution in [0.4, 0.5) is 0 Å². The standard InChI is InChI=1S/C20H26N6/c1-14-8-10-16(11-9-14)12-13-20(22)25-18(21)24-19(26-20)23-15(2)17-6-4-3-5-7-17/h3-11,15H,12-13,22H2,1-2H3,(H4,21,23,24,25,26)/t15-,20?/m0/s1. The molecule has 0 spiro atoms. The van der Waals surface area contributed by atoms with E-state index in [2.05, 4.69) is 51.8 Å². The molecule has 2 aromatic carbocycles. The van der Waals surface area contributed by atoms with Crippen LogP contribution in [0.25, 0.3) is 0 Å². The molecule has 2 aromatic rings. The SMILES string of the molecule is Cc1ccc(CCC2(N)N=C(N)NC(=N[C@@H](C)c3ccccc3)N2)cc1. The van der Waals surface area contributed by atoms with Crippen molar-refractivity contribution in [2.45, 2.75) is 38.5 Å². The molecule has 3 rings (SSSR count). The van der Waals surface area contributed by atoms with E-state index in [4.69, 9.17) is 11.5 Å². The van der Waals surface area contributed by atoms with Crippen LogP contribution in [0.1, 0.15) is 36.1 Å². The Balaban J connectivity index is 1.71. The highest BCUT2D eigenvalue weighted by molar-refractivity contribution is 6.00. The molecule has 1 heterocycles. The van der Waals surface area contributed by atoms with E-state index >= 15 is 0 Å². The number of aliphatic imine (C=N–C) groups is 2. The summed E-state index contributed by atoms with van der Waals surface area (Å²) in [7, 11) is 0. The summed E-state index contributed by atoms with van der Waals surface area (Å²) in [6.07, 6.45) is 1.40. The second-order valence-electron chi connectivity index (χ2n) is 6.72. The molecule has 6 nitrogen and oxygen atoms in total. The number of nitrogens with one attached hydrogen (secondary N) is 2. The average Bonchev–Trinajstić information content (AvgIpc) is 2.61. The van der Waals surface area contributed by atoms with Gasteiger partial charge in [-0.05, 0) is 31.4 Å². The quantitative estimate of drug-likeness (QED) is 0.664. The van der Waals surface area contributed by atoms with Gasteiger partial charge in [0.2, 0.25) is 5.96 Å². The van der Waals surface area contributed by atoms with Gasteiger partial charge in [-0.2, -0.15) is 0 Å². The number of rotatable bonds is 5. The lowest BCUT2D eigenvalue weighted by atomic mass is 10.0. The molecule has 0 amide bonds. The summed E-state index contributed by atoms with van der Waals surface area (Å²) in [5.41, 5.74) is 15.9. The number of nitrogens with zero attached hydrogens (tertiary/aromatic N) is 2. The van der Waals surface area contributed by atoms with E-state index in [1.165, 1.54) is 11.1 Å². The Labute approximate surface area is 154 Å². The van der Waals surface area contributed by atoms with E-state index in [9.17, 15) is 0 Å². The Morgan fingerprint density at radius 2 is 1.81 bits per heavy atom. The molecule has 0 aromatic heterocycles. The van der Waals surface area contributed by atoms with Gasteiger partial charge >= 0.3 is 0 Å². The first-order valence-corrected chi connectivity index (χ1v) is 8.81. The van der Waals surface area contributed by atoms with Crippen LogP contribution in [-0.2, 0) is 6.42 Å². The molecule has 26 heavy (non-hydrogen) atoms. The third kappa shape index (κ3) is 4.61. The highest BCUT2D eigenvalue weighted by Crippen LogP contribution is 2.18. The fourth-order valence-electron chi connectivity index (χ4n) is 2.90. The Kier molecular flexibility index (Phi) is 5.23. The van der Waals surface area contributed by atoms with E-state index in [0.29, 0.717) is 12.4 Å². The monoisotopic (exact) mass is 350 g/mol. The molecule has 0 saturated heterocycles. The van der Waals surface area contributed by atoms with Crippen LogP contribution in [0.15, 0.2) is 64.6 Å². The van der Waals surface area contributed by atoms with Crippen LogP contribution in [0.2, 0.25) is 0 Å². The van der Waals surface area contributed by atoms with Crippen LogP contribution in [0.3, 0.4) is 0 Å². The second kappa shape index (κ2) is 7.58. The summed E-state index contributed by atoms with van der Waals surface area (Å²) in [6, 6.07) is 18.5. The molecule has 1 aliphatic rings. The first-order valence-electron chi connectivity index (χ1n) is 8.81. The van der Waals surface area contributed by atoms with Gasteiger partial charge in [0, 0.05) is 6.42 Å². The van der Waals surface area contributed by atoms with Gasteiger partial charge in [0.15, 0.2) is 11.7 Å². The molecule has 0 radical (unpaired) electrons. The van der Waals surface area contributed by atoms with Crippen molar-refractivity contribution in [2.24, 2.45) is 21.5 Å². The molecule has 1 aliphatic heterocycles. The van der Waals surface area contributed by atoms with Crippen molar-refractivity contribution >= 4 is 11.9 Å². The maximum atomic E-state index is 6.43. The zero-order valence-electron chi connectivity index (χ0n) is 15.2. The molecule has 6 N–H and O–H groups in total. The van der Waals surface area contributed by atoms with Crippen molar-refractivity contribution in [2.75, 3.05) is 0 Å². The number of benzene rings is 2. The number of aryl methyl sites for hydroxylation is 2. The smallest absolute Gasteiger partial charge is 0.201 e. The van der Waals surface area contributed by atoms with E-state index in [1.807, 2.05) is 37.3 Å². The molecule has 1 unspecified atom stereocenters. The first kappa shape index (κ1) is 17.9. The average molecular weight is 350 g/mol. The Bertz CT molecular complexity index is 797. The molecule has 0 aliphatic carbocycles. The van der Waals surface area contributed by atoms with Gasteiger partial charge in [0.1, 0.15) is 0 Å². The van der Waals surface area contributed by atoms with Crippen molar-refractivity contribution in [3.63, 3.8) is 0 Å². The molecule has 136 valence electrons. The lowest BCUT2D eigenvalue weighted by Gasteiger charge is -2.33. The molecule has 0 fully saturated rings. The van der Waals surface area contributed by atoms with Crippen LogP contribution in [-0.4, -0.2) is 17.7 Å². The van der Waals surface area contributed by atoms with E-state index in [1.54, 1.807) is 0 Å². The van der Waals surface area contributed by atoms with Crippen molar-refractivity contribution in [3.05, 3.63) is 71.3 Å². The van der Waals surface area contributed by atoms with Gasteiger partial charge in [0.05, 0.1) is 6.04 Å². The fourth-order valence-corrected chi connectivity index (χ4v) is 2.90. The van der Waals surface area contributed by atoms with E-state index < -0.39 is 5.79 Å². The molecular formula is C20H26N6. The maximum absolute atomic E-state index is 6.43. The zero-order valence-corrected chi connectivity index (χ0v) is 15.2. The predicted octanol–water partition coefficient (Wildman–Crippen LogP) is 2.16. The zero-order chi connectivity index (χ0) is 18.6. The largest absolute Gasteiger partial charge is 0.370 e. The van der Waals surface area contributed by atoms with Crippen molar-refractivity contribution in [1.82, 2.24) is 10.6 Å². The summed E-state index contributed by atoms with van der Waals surface area (Å²) < 4.78 is 0. The van der Waals surface area contributed by atoms with Gasteiger partial charge in [-0.3, -0.25) is 11.1 Å². The van der Waals surface area contributed by atoms with Gasteiger partial charge in [-0.15, -0.1) is 0 Å². The lowest BCUT2D eigenvalue weighted by molar-refractivity contribution is 0.369. The van der Waals surface area contributed by atoms with Gasteiger partial charge in [-0.25, -0.2) is 9.98 Å². The predicted molar refractivity (Wildman–Crippen MR) is 107 cm³/mol. The molecule has 6 heteroatoms. The second-order valence-corrected chi connectivity index (χ2v) is 6.72. The normalized spacial score (nSPS) is 22.3. The van der Waals surface area contributed by atoms with Crippen molar-refractivity contribution < 1.29 is 0 Å². The van der Waals surface area contributed by atoms with Crippen molar-refractivity contribution in [1.29, 1.82) is 0 Å². The number of hydrogen-bond donors (Lipinski definition) is 4. The summed E-state index contributed by atoms with van der Waals surface area (Å²) >= 11 is 0. The number of nitrogens with two attached hydrogens (primary N) is 2. The highest BCUT2D eigenvalue weighted by atomic mass is 15.4. The number of hydrogen-bond acceptors (Lipinski definition) is 4. The molecule has 0 saturated carbocycles. The first-order chi connectivity index (χ1) is 12.4. The lowest BCUT2D eigenvalue weighted by Crippen LogP contribution is -2.64. The van der Waals surface area contributed by atoms with Crippen LogP contribution < -0.4 is 22.1 Å². The summed E-state index contributed by atoms with van der Waals surface area (Å²) in [5.74, 6) is -0.162.